The highest BCUT2D eigenvalue weighted by Crippen LogP contribution is 2.20. The number of carboxylic acids is 1. The van der Waals surface area contributed by atoms with Crippen LogP contribution in [0.1, 0.15) is 35.2 Å². The summed E-state index contributed by atoms with van der Waals surface area (Å²) in [7, 11) is 0. The monoisotopic (exact) mass is 262 g/mol. The van der Waals surface area contributed by atoms with Gasteiger partial charge in [0.15, 0.2) is 0 Å². The van der Waals surface area contributed by atoms with Crippen molar-refractivity contribution in [3.05, 3.63) is 35.4 Å². The highest BCUT2D eigenvalue weighted by atomic mass is 16.4. The van der Waals surface area contributed by atoms with Crippen molar-refractivity contribution < 1.29 is 14.7 Å². The minimum Gasteiger partial charge on any atom is -0.480 e. The summed E-state index contributed by atoms with van der Waals surface area (Å²) in [6.45, 7) is 1.32. The molecule has 5 nitrogen and oxygen atoms in total. The van der Waals surface area contributed by atoms with Crippen LogP contribution < -0.4 is 5.73 Å². The van der Waals surface area contributed by atoms with Gasteiger partial charge in [-0.15, -0.1) is 0 Å². The third-order valence-corrected chi connectivity index (χ3v) is 3.50. The highest BCUT2D eigenvalue weighted by Gasteiger charge is 2.28. The minimum absolute atomic E-state index is 0.425. The molecule has 1 aliphatic heterocycles. The van der Waals surface area contributed by atoms with E-state index in [2.05, 4.69) is 0 Å². The van der Waals surface area contributed by atoms with Crippen LogP contribution in [0.25, 0.3) is 0 Å². The Morgan fingerprint density at radius 2 is 2.16 bits per heavy atom. The molecule has 0 aliphatic carbocycles. The summed E-state index contributed by atoms with van der Waals surface area (Å²) in [6.07, 6.45) is 2.65. The number of nitrogens with zero attached hydrogens (tertiary/aromatic N) is 1. The van der Waals surface area contributed by atoms with Gasteiger partial charge in [-0.2, -0.15) is 0 Å². The normalized spacial score (nSPS) is 20.1. The van der Waals surface area contributed by atoms with Crippen LogP contribution in [0.15, 0.2) is 24.3 Å². The zero-order valence-corrected chi connectivity index (χ0v) is 10.7. The van der Waals surface area contributed by atoms with Gasteiger partial charge in [0, 0.05) is 12.1 Å². The second-order valence-electron chi connectivity index (χ2n) is 4.88. The summed E-state index contributed by atoms with van der Waals surface area (Å²) in [5.41, 5.74) is 6.63. The molecule has 0 saturated carbocycles. The second kappa shape index (κ2) is 5.84. The molecule has 2 rings (SSSR count). The van der Waals surface area contributed by atoms with E-state index in [9.17, 15) is 14.7 Å². The average molecular weight is 262 g/mol. The van der Waals surface area contributed by atoms with E-state index in [1.165, 1.54) is 0 Å². The predicted molar refractivity (Wildman–Crippen MR) is 70.6 cm³/mol. The molecule has 102 valence electrons. The number of aliphatic carboxylic acids is 1. The van der Waals surface area contributed by atoms with Gasteiger partial charge >= 0.3 is 5.97 Å². The lowest BCUT2D eigenvalue weighted by molar-refractivity contribution is -0.144. The van der Waals surface area contributed by atoms with E-state index in [0.717, 1.165) is 24.9 Å². The number of rotatable bonds is 4. The van der Waals surface area contributed by atoms with Gasteiger partial charge in [-0.25, -0.2) is 0 Å². The van der Waals surface area contributed by atoms with Gasteiger partial charge in [0.1, 0.15) is 6.04 Å². The Kier molecular flexibility index (Phi) is 4.16. The average Bonchev–Trinajstić information content (AvgIpc) is 2.39. The smallest absolute Gasteiger partial charge is 0.320 e. The van der Waals surface area contributed by atoms with Crippen molar-refractivity contribution in [3.8, 4) is 0 Å². The molecule has 3 N–H and O–H groups in total. The molecule has 0 spiro atoms. The van der Waals surface area contributed by atoms with Crippen molar-refractivity contribution in [2.45, 2.75) is 31.8 Å². The zero-order chi connectivity index (χ0) is 13.8. The molecule has 1 unspecified atom stereocenters. The minimum atomic E-state index is -0.772. The largest absolute Gasteiger partial charge is 0.480 e. The lowest BCUT2D eigenvalue weighted by atomic mass is 10.0. The molecular formula is C14H18N2O3. The number of benzene rings is 1. The first kappa shape index (κ1) is 13.5. The molecule has 1 fully saturated rings. The van der Waals surface area contributed by atoms with Crippen LogP contribution in [0.3, 0.4) is 0 Å². The number of carboxylic acid groups (broad SMARTS) is 1. The molecule has 1 aromatic rings. The predicted octanol–water partition coefficient (Wildman–Crippen LogP) is 1.22. The Morgan fingerprint density at radius 3 is 2.84 bits per heavy atom. The van der Waals surface area contributed by atoms with Crippen LogP contribution in [0.4, 0.5) is 0 Å². The summed E-state index contributed by atoms with van der Waals surface area (Å²) < 4.78 is 0. The van der Waals surface area contributed by atoms with Crippen molar-refractivity contribution in [1.29, 1.82) is 0 Å². The van der Waals surface area contributed by atoms with Crippen molar-refractivity contribution in [2.75, 3.05) is 6.54 Å². The summed E-state index contributed by atoms with van der Waals surface area (Å²) in [6, 6.07) is 6.63. The lowest BCUT2D eigenvalue weighted by Gasteiger charge is -2.32. The number of carbonyl (C=O) groups is 2. The molecule has 19 heavy (non-hydrogen) atoms. The third-order valence-electron chi connectivity index (χ3n) is 3.50. The van der Waals surface area contributed by atoms with Gasteiger partial charge in [0.05, 0.1) is 0 Å². The fourth-order valence-corrected chi connectivity index (χ4v) is 2.52. The highest BCUT2D eigenvalue weighted by molar-refractivity contribution is 5.92. The summed E-state index contributed by atoms with van der Waals surface area (Å²) in [4.78, 5) is 24.3. The number of nitrogens with two attached hydrogens (primary N) is 1. The van der Waals surface area contributed by atoms with Gasteiger partial charge in [-0.05, 0) is 37.1 Å². The van der Waals surface area contributed by atoms with Gasteiger partial charge in [0.25, 0.3) is 0 Å². The Bertz CT molecular complexity index is 487. The van der Waals surface area contributed by atoms with Crippen LogP contribution in [0.2, 0.25) is 0 Å². The number of amides is 1. The van der Waals surface area contributed by atoms with Crippen LogP contribution in [-0.2, 0) is 11.3 Å². The Labute approximate surface area is 112 Å². The van der Waals surface area contributed by atoms with Gasteiger partial charge < -0.3 is 10.8 Å². The van der Waals surface area contributed by atoms with Crippen LogP contribution in [0.5, 0.6) is 0 Å². The molecule has 1 aromatic carbocycles. The van der Waals surface area contributed by atoms with Crippen molar-refractivity contribution >= 4 is 11.9 Å². The maximum atomic E-state index is 11.2. The molecule has 5 heteroatoms. The lowest BCUT2D eigenvalue weighted by Crippen LogP contribution is -2.44. The van der Waals surface area contributed by atoms with Crippen molar-refractivity contribution in [1.82, 2.24) is 4.90 Å². The van der Waals surface area contributed by atoms with E-state index in [-0.39, 0.29) is 0 Å². The van der Waals surface area contributed by atoms with E-state index in [1.807, 2.05) is 11.0 Å². The second-order valence-corrected chi connectivity index (χ2v) is 4.88. The molecule has 0 bridgehead atoms. The fraction of sp³-hybridized carbons (Fsp3) is 0.429. The Balaban J connectivity index is 2.12. The standard InChI is InChI=1S/C14H18N2O3/c15-13(17)11-5-3-4-10(8-11)9-16-7-2-1-6-12(16)14(18)19/h3-5,8,12H,1-2,6-7,9H2,(H2,15,17)(H,18,19). The fourth-order valence-electron chi connectivity index (χ4n) is 2.52. The SMILES string of the molecule is NC(=O)c1cccc(CN2CCCCC2C(=O)O)c1. The van der Waals surface area contributed by atoms with E-state index in [4.69, 9.17) is 5.73 Å². The topological polar surface area (TPSA) is 83.6 Å². The van der Waals surface area contributed by atoms with Crippen molar-refractivity contribution in [2.24, 2.45) is 5.73 Å². The van der Waals surface area contributed by atoms with Crippen molar-refractivity contribution in [3.63, 3.8) is 0 Å². The van der Waals surface area contributed by atoms with Gasteiger partial charge in [0.2, 0.25) is 5.91 Å². The maximum absolute atomic E-state index is 11.2. The number of piperidine rings is 1. The summed E-state index contributed by atoms with van der Waals surface area (Å²) in [5.74, 6) is -1.24. The summed E-state index contributed by atoms with van der Waals surface area (Å²) >= 11 is 0. The first-order chi connectivity index (χ1) is 9.08. The number of likely N-dealkylation sites (tertiary alicyclic amines) is 1. The number of hydrogen-bond donors (Lipinski definition) is 2. The van der Waals surface area contributed by atoms with E-state index in [1.54, 1.807) is 18.2 Å². The Hall–Kier alpha value is -1.88. The number of carbonyl (C=O) groups excluding carboxylic acids is 1. The molecular weight excluding hydrogens is 244 g/mol. The zero-order valence-electron chi connectivity index (χ0n) is 10.7. The third kappa shape index (κ3) is 3.32. The number of primary amides is 1. The molecule has 1 aliphatic rings. The maximum Gasteiger partial charge on any atom is 0.320 e. The summed E-state index contributed by atoms with van der Waals surface area (Å²) in [5, 5.41) is 9.21. The number of hydrogen-bond acceptors (Lipinski definition) is 3. The van der Waals surface area contributed by atoms with Gasteiger partial charge in [-0.3, -0.25) is 14.5 Å². The van der Waals surface area contributed by atoms with E-state index in [0.29, 0.717) is 18.5 Å². The van der Waals surface area contributed by atoms with Crippen LogP contribution in [0, 0.1) is 0 Å². The quantitative estimate of drug-likeness (QED) is 0.854. The Morgan fingerprint density at radius 1 is 1.37 bits per heavy atom. The molecule has 1 heterocycles. The molecule has 1 saturated heterocycles. The molecule has 1 amide bonds. The van der Waals surface area contributed by atoms with E-state index < -0.39 is 17.9 Å². The molecule has 1 atom stereocenters. The van der Waals surface area contributed by atoms with E-state index >= 15 is 0 Å². The van der Waals surface area contributed by atoms with Gasteiger partial charge in [-0.1, -0.05) is 18.6 Å². The van der Waals surface area contributed by atoms with Crippen LogP contribution in [-0.4, -0.2) is 34.5 Å². The molecule has 0 aromatic heterocycles. The first-order valence-corrected chi connectivity index (χ1v) is 6.43. The first-order valence-electron chi connectivity index (χ1n) is 6.43. The van der Waals surface area contributed by atoms with Crippen LogP contribution >= 0.6 is 0 Å². The molecule has 0 radical (unpaired) electrons.